The van der Waals surface area contributed by atoms with Crippen LogP contribution in [0.1, 0.15) is 36.8 Å². The van der Waals surface area contributed by atoms with Crippen LogP contribution in [0.5, 0.6) is 0 Å². The Labute approximate surface area is 270 Å². The van der Waals surface area contributed by atoms with Crippen molar-refractivity contribution in [2.24, 2.45) is 0 Å². The maximum absolute atomic E-state index is 13.8. The van der Waals surface area contributed by atoms with Crippen LogP contribution < -0.4 is 11.1 Å². The van der Waals surface area contributed by atoms with Gasteiger partial charge in [0.15, 0.2) is 6.10 Å². The van der Waals surface area contributed by atoms with Crippen LogP contribution in [0.3, 0.4) is 0 Å². The standard InChI is InChI=1S/C31H40Br2N6O4/c1-36(2)22-8-12-37(13-9-22)29(40)27(19-20-17-24(32)28(34)25(33)18-20)43-31(42)38-14-10-23(11-15-38)39-16-7-21-5-3-4-6-26(21)35-30(39)41/h3-6,17-18,22-23,27H,7-16,19,34H2,1-2H3,(H,35,41)/t27-/m1/s1. The molecule has 3 aliphatic heterocycles. The van der Waals surface area contributed by atoms with Crippen LogP contribution in [0.4, 0.5) is 21.0 Å². The van der Waals surface area contributed by atoms with Gasteiger partial charge < -0.3 is 35.4 Å². The molecule has 0 bridgehead atoms. The first-order chi connectivity index (χ1) is 20.6. The van der Waals surface area contributed by atoms with Gasteiger partial charge in [0.2, 0.25) is 0 Å². The van der Waals surface area contributed by atoms with Crippen molar-refractivity contribution in [2.45, 2.75) is 56.7 Å². The van der Waals surface area contributed by atoms with E-state index in [0.717, 1.165) is 36.1 Å². The van der Waals surface area contributed by atoms with E-state index in [-0.39, 0.29) is 24.4 Å². The van der Waals surface area contributed by atoms with E-state index >= 15 is 0 Å². The Morgan fingerprint density at radius 2 is 1.63 bits per heavy atom. The van der Waals surface area contributed by atoms with Gasteiger partial charge >= 0.3 is 12.1 Å². The van der Waals surface area contributed by atoms with Crippen molar-refractivity contribution < 1.29 is 19.1 Å². The van der Waals surface area contributed by atoms with Gasteiger partial charge in [0.25, 0.3) is 5.91 Å². The Morgan fingerprint density at radius 1 is 1.00 bits per heavy atom. The van der Waals surface area contributed by atoms with E-state index in [4.69, 9.17) is 10.5 Å². The number of fused-ring (bicyclic) bond motifs is 1. The van der Waals surface area contributed by atoms with Crippen LogP contribution in [0, 0.1) is 0 Å². The predicted octanol–water partition coefficient (Wildman–Crippen LogP) is 4.95. The molecule has 0 spiro atoms. The molecular formula is C31H40Br2N6O4. The van der Waals surface area contributed by atoms with E-state index in [9.17, 15) is 14.4 Å². The minimum Gasteiger partial charge on any atom is -0.436 e. The molecule has 10 nitrogen and oxygen atoms in total. The third-order valence-corrected chi connectivity index (χ3v) is 10.2. The summed E-state index contributed by atoms with van der Waals surface area (Å²) in [7, 11) is 4.12. The number of likely N-dealkylation sites (tertiary alicyclic amines) is 2. The van der Waals surface area contributed by atoms with Crippen LogP contribution in [-0.4, -0.2) is 103 Å². The summed E-state index contributed by atoms with van der Waals surface area (Å²) in [6.45, 7) is 2.78. The summed E-state index contributed by atoms with van der Waals surface area (Å²) >= 11 is 6.97. The summed E-state index contributed by atoms with van der Waals surface area (Å²) < 4.78 is 7.41. The van der Waals surface area contributed by atoms with Gasteiger partial charge in [-0.15, -0.1) is 0 Å². The molecule has 0 unspecified atom stereocenters. The molecule has 0 aromatic heterocycles. The van der Waals surface area contributed by atoms with E-state index < -0.39 is 12.2 Å². The molecule has 0 aliphatic carbocycles. The number of nitrogens with zero attached hydrogens (tertiary/aromatic N) is 4. The highest BCUT2D eigenvalue weighted by Crippen LogP contribution is 2.31. The molecule has 3 aliphatic rings. The van der Waals surface area contributed by atoms with Gasteiger partial charge in [0.05, 0.1) is 5.69 Å². The molecule has 0 saturated carbocycles. The van der Waals surface area contributed by atoms with Crippen LogP contribution >= 0.6 is 31.9 Å². The zero-order valence-electron chi connectivity index (χ0n) is 24.7. The second kappa shape index (κ2) is 13.9. The largest absolute Gasteiger partial charge is 0.436 e. The topological polar surface area (TPSA) is 111 Å². The fourth-order valence-electron chi connectivity index (χ4n) is 6.25. The lowest BCUT2D eigenvalue weighted by Crippen LogP contribution is -2.52. The zero-order chi connectivity index (χ0) is 30.7. The summed E-state index contributed by atoms with van der Waals surface area (Å²) in [6.07, 6.45) is 2.60. The number of rotatable bonds is 6. The summed E-state index contributed by atoms with van der Waals surface area (Å²) in [5.41, 5.74) is 9.47. The molecule has 3 heterocycles. The Bertz CT molecular complexity index is 1320. The third-order valence-electron chi connectivity index (χ3n) is 8.89. The Morgan fingerprint density at radius 3 is 2.28 bits per heavy atom. The number of ether oxygens (including phenoxy) is 1. The highest BCUT2D eigenvalue weighted by Gasteiger charge is 2.35. The average Bonchev–Trinajstić information content (AvgIpc) is 3.17. The first-order valence-electron chi connectivity index (χ1n) is 14.9. The third kappa shape index (κ3) is 7.46. The Hall–Kier alpha value is -2.83. The average molecular weight is 721 g/mol. The fourth-order valence-corrected chi connectivity index (χ4v) is 7.53. The lowest BCUT2D eigenvalue weighted by molar-refractivity contribution is -0.142. The molecule has 1 atom stereocenters. The molecule has 5 rings (SSSR count). The molecule has 43 heavy (non-hydrogen) atoms. The predicted molar refractivity (Wildman–Crippen MR) is 174 cm³/mol. The fraction of sp³-hybridized carbons (Fsp3) is 0.516. The van der Waals surface area contributed by atoms with Gasteiger partial charge in [-0.1, -0.05) is 18.2 Å². The van der Waals surface area contributed by atoms with Crippen LogP contribution in [0.2, 0.25) is 0 Å². The van der Waals surface area contributed by atoms with Gasteiger partial charge in [-0.25, -0.2) is 9.59 Å². The monoisotopic (exact) mass is 718 g/mol. The molecule has 232 valence electrons. The normalized spacial score (nSPS) is 19.1. The number of urea groups is 1. The lowest BCUT2D eigenvalue weighted by Gasteiger charge is -2.38. The summed E-state index contributed by atoms with van der Waals surface area (Å²) in [6, 6.07) is 12.0. The van der Waals surface area contributed by atoms with Crippen LogP contribution in [-0.2, 0) is 22.4 Å². The number of halogens is 2. The number of hydrogen-bond acceptors (Lipinski definition) is 6. The van der Waals surface area contributed by atoms with E-state index in [1.165, 1.54) is 0 Å². The van der Waals surface area contributed by atoms with Crippen molar-refractivity contribution in [2.75, 3.05) is 57.9 Å². The molecule has 2 aromatic rings. The number of piperidine rings is 2. The SMILES string of the molecule is CN(C)C1CCN(C(=O)[C@@H](Cc2cc(Br)c(N)c(Br)c2)OC(=O)N2CCC(N3CCc4ccccc4NC3=O)CC2)CC1. The molecule has 2 aromatic carbocycles. The maximum Gasteiger partial charge on any atom is 0.410 e. The second-order valence-electron chi connectivity index (χ2n) is 11.8. The molecule has 2 fully saturated rings. The first kappa shape index (κ1) is 31.6. The quantitative estimate of drug-likeness (QED) is 0.409. The van der Waals surface area contributed by atoms with Gasteiger partial charge in [0, 0.05) is 65.9 Å². The van der Waals surface area contributed by atoms with Crippen molar-refractivity contribution in [1.82, 2.24) is 19.6 Å². The molecule has 2 saturated heterocycles. The van der Waals surface area contributed by atoms with Crippen molar-refractivity contribution >= 4 is 61.3 Å². The number of benzene rings is 2. The van der Waals surface area contributed by atoms with E-state index in [0.29, 0.717) is 66.2 Å². The molecule has 4 amide bonds. The number of nitrogens with two attached hydrogens (primary N) is 1. The molecule has 3 N–H and O–H groups in total. The van der Waals surface area contributed by atoms with E-state index in [2.05, 4.69) is 56.2 Å². The summed E-state index contributed by atoms with van der Waals surface area (Å²) in [5, 5.41) is 3.04. The van der Waals surface area contributed by atoms with E-state index in [1.807, 2.05) is 46.2 Å². The smallest absolute Gasteiger partial charge is 0.410 e. The van der Waals surface area contributed by atoms with Crippen molar-refractivity contribution in [3.63, 3.8) is 0 Å². The number of para-hydroxylation sites is 1. The second-order valence-corrected chi connectivity index (χ2v) is 13.5. The minimum atomic E-state index is -0.960. The summed E-state index contributed by atoms with van der Waals surface area (Å²) in [5.74, 6) is -0.176. The Balaban J connectivity index is 1.23. The van der Waals surface area contributed by atoms with Gasteiger partial charge in [-0.2, -0.15) is 0 Å². The number of nitrogens with one attached hydrogen (secondary N) is 1. The molecule has 0 radical (unpaired) electrons. The number of hydrogen-bond donors (Lipinski definition) is 2. The molecular weight excluding hydrogens is 680 g/mol. The zero-order valence-corrected chi connectivity index (χ0v) is 27.9. The van der Waals surface area contributed by atoms with E-state index in [1.54, 1.807) is 4.90 Å². The minimum absolute atomic E-state index is 0.0262. The number of carbonyl (C=O) groups is 3. The lowest BCUT2D eigenvalue weighted by atomic mass is 10.0. The number of amides is 4. The molecule has 12 heteroatoms. The van der Waals surface area contributed by atoms with Crippen molar-refractivity contribution in [1.29, 1.82) is 0 Å². The van der Waals surface area contributed by atoms with Crippen molar-refractivity contribution in [3.05, 3.63) is 56.5 Å². The van der Waals surface area contributed by atoms with Gasteiger partial charge in [-0.05, 0) is 107 Å². The van der Waals surface area contributed by atoms with Gasteiger partial charge in [-0.3, -0.25) is 4.79 Å². The number of anilines is 2. The van der Waals surface area contributed by atoms with Gasteiger partial charge in [0.1, 0.15) is 0 Å². The number of nitrogen functional groups attached to an aromatic ring is 1. The maximum atomic E-state index is 13.8. The van der Waals surface area contributed by atoms with Crippen molar-refractivity contribution in [3.8, 4) is 0 Å². The van der Waals surface area contributed by atoms with Crippen LogP contribution in [0.25, 0.3) is 0 Å². The highest BCUT2D eigenvalue weighted by atomic mass is 79.9. The highest BCUT2D eigenvalue weighted by molar-refractivity contribution is 9.11. The first-order valence-corrected chi connectivity index (χ1v) is 16.5. The summed E-state index contributed by atoms with van der Waals surface area (Å²) in [4.78, 5) is 47.8. The Kier molecular flexibility index (Phi) is 10.2. The number of carbonyl (C=O) groups excluding carboxylic acids is 3. The van der Waals surface area contributed by atoms with Crippen LogP contribution in [0.15, 0.2) is 45.3 Å².